The number of carboxylic acid groups (broad SMARTS) is 1. The molecule has 1 N–H and O–H groups in total. The number of hydrogen-bond acceptors (Lipinski definition) is 5. The highest BCUT2D eigenvalue weighted by Crippen LogP contribution is 2.40. The highest BCUT2D eigenvalue weighted by Gasteiger charge is 2.21. The van der Waals surface area contributed by atoms with Crippen molar-refractivity contribution in [3.05, 3.63) is 57.3 Å². The number of ketones is 1. The average Bonchev–Trinajstić information content (AvgIpc) is 3.08. The molecule has 146 valence electrons. The number of aliphatic carboxylic acids is 1. The summed E-state index contributed by atoms with van der Waals surface area (Å²) in [6.07, 6.45) is 4.43. The highest BCUT2D eigenvalue weighted by atomic mass is 32.1. The highest BCUT2D eigenvalue weighted by molar-refractivity contribution is 7.11. The van der Waals surface area contributed by atoms with E-state index in [0.29, 0.717) is 25.2 Å². The number of carbonyl (C=O) groups is 2. The number of thiophene rings is 1. The topological polar surface area (TPSA) is 66.8 Å². The van der Waals surface area contributed by atoms with Crippen molar-refractivity contribution in [2.75, 3.05) is 19.6 Å². The minimum Gasteiger partial charge on any atom is -0.488 e. The third-order valence-electron chi connectivity index (χ3n) is 5.27. The summed E-state index contributed by atoms with van der Waals surface area (Å²) in [4.78, 5) is 26.1. The third-order valence-corrected chi connectivity index (χ3v) is 6.26. The molecule has 2 aliphatic rings. The summed E-state index contributed by atoms with van der Waals surface area (Å²) in [5.41, 5.74) is 4.03. The summed E-state index contributed by atoms with van der Waals surface area (Å²) >= 11 is 1.69. The van der Waals surface area contributed by atoms with Gasteiger partial charge in [0.1, 0.15) is 18.1 Å². The van der Waals surface area contributed by atoms with Gasteiger partial charge in [0.25, 0.3) is 0 Å². The van der Waals surface area contributed by atoms with Crippen LogP contribution in [0.25, 0.3) is 5.57 Å². The molecule has 0 saturated carbocycles. The summed E-state index contributed by atoms with van der Waals surface area (Å²) in [7, 11) is 0. The lowest BCUT2D eigenvalue weighted by Crippen LogP contribution is -2.34. The fraction of sp³-hybridized carbons (Fsp3) is 0.364. The van der Waals surface area contributed by atoms with Crippen LogP contribution >= 0.6 is 11.3 Å². The van der Waals surface area contributed by atoms with E-state index in [0.717, 1.165) is 54.1 Å². The molecule has 0 radical (unpaired) electrons. The summed E-state index contributed by atoms with van der Waals surface area (Å²) < 4.78 is 6.00. The van der Waals surface area contributed by atoms with E-state index >= 15 is 0 Å². The summed E-state index contributed by atoms with van der Waals surface area (Å²) in [5, 5.41) is 11.2. The van der Waals surface area contributed by atoms with Crippen LogP contribution in [-0.4, -0.2) is 41.4 Å². The molecule has 0 atom stereocenters. The zero-order valence-corrected chi connectivity index (χ0v) is 16.5. The van der Waals surface area contributed by atoms with Crippen LogP contribution in [0.5, 0.6) is 5.75 Å². The van der Waals surface area contributed by atoms with E-state index in [2.05, 4.69) is 22.4 Å². The molecule has 0 spiro atoms. The predicted molar refractivity (Wildman–Crippen MR) is 109 cm³/mol. The van der Waals surface area contributed by atoms with Crippen LogP contribution in [0.4, 0.5) is 0 Å². The largest absolute Gasteiger partial charge is 0.488 e. The van der Waals surface area contributed by atoms with Gasteiger partial charge >= 0.3 is 5.97 Å². The quantitative estimate of drug-likeness (QED) is 0.832. The van der Waals surface area contributed by atoms with Crippen molar-refractivity contribution >= 4 is 28.7 Å². The maximum Gasteiger partial charge on any atom is 0.307 e. The standard InChI is InChI=1S/C22H23NO4S/c24-17-5-9-23(10-6-17)8-1-2-18-19-12-15(13-21(25)26)3-4-20(19)27-14-16-7-11-28-22(16)18/h2-4,7,11-12H,1,5-6,8-10,13-14H2,(H,25,26). The number of ether oxygens (including phenoxy) is 1. The molecule has 0 bridgehead atoms. The first kappa shape index (κ1) is 18.9. The fourth-order valence-electron chi connectivity index (χ4n) is 3.78. The maximum atomic E-state index is 11.4. The molecule has 1 aromatic carbocycles. The second kappa shape index (κ2) is 8.29. The number of carboxylic acids is 1. The molecule has 4 rings (SSSR count). The van der Waals surface area contributed by atoms with Crippen molar-refractivity contribution in [1.82, 2.24) is 4.90 Å². The van der Waals surface area contributed by atoms with Gasteiger partial charge in [-0.3, -0.25) is 9.59 Å². The van der Waals surface area contributed by atoms with E-state index in [1.54, 1.807) is 11.3 Å². The van der Waals surface area contributed by atoms with E-state index < -0.39 is 5.97 Å². The Balaban J connectivity index is 1.61. The van der Waals surface area contributed by atoms with Gasteiger partial charge in [0.2, 0.25) is 0 Å². The SMILES string of the molecule is O=C(O)Cc1ccc2c(c1)C(=CCCN1CCC(=O)CC1)c1sccc1CO2. The van der Waals surface area contributed by atoms with Crippen molar-refractivity contribution in [3.8, 4) is 5.75 Å². The van der Waals surface area contributed by atoms with Crippen LogP contribution in [0.3, 0.4) is 0 Å². The lowest BCUT2D eigenvalue weighted by atomic mass is 9.97. The van der Waals surface area contributed by atoms with E-state index in [9.17, 15) is 9.59 Å². The minimum atomic E-state index is -0.837. The molecule has 2 aliphatic heterocycles. The van der Waals surface area contributed by atoms with Gasteiger partial charge < -0.3 is 14.7 Å². The number of benzene rings is 1. The van der Waals surface area contributed by atoms with Crippen molar-refractivity contribution < 1.29 is 19.4 Å². The van der Waals surface area contributed by atoms with Crippen LogP contribution in [0.1, 0.15) is 40.8 Å². The lowest BCUT2D eigenvalue weighted by Gasteiger charge is -2.25. The van der Waals surface area contributed by atoms with Gasteiger partial charge in [-0.15, -0.1) is 11.3 Å². The van der Waals surface area contributed by atoms with E-state index in [-0.39, 0.29) is 6.42 Å². The number of likely N-dealkylation sites (tertiary alicyclic amines) is 1. The van der Waals surface area contributed by atoms with Gasteiger partial charge in [0, 0.05) is 48.5 Å². The molecule has 6 heteroatoms. The third kappa shape index (κ3) is 4.18. The van der Waals surface area contributed by atoms with Gasteiger partial charge in [-0.25, -0.2) is 0 Å². The average molecular weight is 397 g/mol. The molecule has 3 heterocycles. The zero-order chi connectivity index (χ0) is 19.5. The van der Waals surface area contributed by atoms with Crippen molar-refractivity contribution in [1.29, 1.82) is 0 Å². The van der Waals surface area contributed by atoms with Crippen LogP contribution in [0.2, 0.25) is 0 Å². The Bertz CT molecular complexity index is 920. The number of hydrogen-bond donors (Lipinski definition) is 1. The first-order chi connectivity index (χ1) is 13.6. The molecule has 0 aliphatic carbocycles. The number of nitrogens with zero attached hydrogens (tertiary/aromatic N) is 1. The van der Waals surface area contributed by atoms with Crippen LogP contribution < -0.4 is 4.74 Å². The molecular weight excluding hydrogens is 374 g/mol. The second-order valence-electron chi connectivity index (χ2n) is 7.25. The summed E-state index contributed by atoms with van der Waals surface area (Å²) in [6, 6.07) is 7.75. The monoisotopic (exact) mass is 397 g/mol. The zero-order valence-electron chi connectivity index (χ0n) is 15.6. The molecular formula is C22H23NO4S. The molecule has 28 heavy (non-hydrogen) atoms. The molecule has 1 saturated heterocycles. The Morgan fingerprint density at radius 1 is 1.25 bits per heavy atom. The Labute approximate surface area is 168 Å². The number of fused-ring (bicyclic) bond motifs is 2. The maximum absolute atomic E-state index is 11.4. The van der Waals surface area contributed by atoms with Gasteiger partial charge in [-0.2, -0.15) is 0 Å². The minimum absolute atomic E-state index is 0.000333. The van der Waals surface area contributed by atoms with Crippen LogP contribution in [-0.2, 0) is 22.6 Å². The van der Waals surface area contributed by atoms with E-state index in [4.69, 9.17) is 9.84 Å². The first-order valence-electron chi connectivity index (χ1n) is 9.59. The molecule has 1 fully saturated rings. The number of Topliss-reactive ketones (excluding diaryl/α,β-unsaturated/α-hetero) is 1. The molecule has 5 nitrogen and oxygen atoms in total. The van der Waals surface area contributed by atoms with Gasteiger partial charge in [-0.1, -0.05) is 12.1 Å². The fourth-order valence-corrected chi connectivity index (χ4v) is 4.75. The Kier molecular flexibility index (Phi) is 5.59. The van der Waals surface area contributed by atoms with Gasteiger partial charge in [0.15, 0.2) is 0 Å². The van der Waals surface area contributed by atoms with Crippen molar-refractivity contribution in [2.24, 2.45) is 0 Å². The normalized spacial score (nSPS) is 18.3. The predicted octanol–water partition coefficient (Wildman–Crippen LogP) is 3.75. The number of piperidine rings is 1. The van der Waals surface area contributed by atoms with E-state index in [1.807, 2.05) is 18.2 Å². The van der Waals surface area contributed by atoms with Gasteiger partial charge in [0.05, 0.1) is 6.42 Å². The second-order valence-corrected chi connectivity index (χ2v) is 8.17. The smallest absolute Gasteiger partial charge is 0.307 e. The summed E-state index contributed by atoms with van der Waals surface area (Å²) in [6.45, 7) is 3.13. The molecule has 2 aromatic rings. The first-order valence-corrected chi connectivity index (χ1v) is 10.5. The summed E-state index contributed by atoms with van der Waals surface area (Å²) in [5.74, 6) is 0.322. The lowest BCUT2D eigenvalue weighted by molar-refractivity contribution is -0.136. The molecule has 1 aromatic heterocycles. The van der Waals surface area contributed by atoms with Crippen LogP contribution in [0.15, 0.2) is 35.7 Å². The number of carbonyl (C=O) groups excluding carboxylic acids is 1. The molecule has 0 amide bonds. The van der Waals surface area contributed by atoms with Crippen molar-refractivity contribution in [3.63, 3.8) is 0 Å². The Hall–Kier alpha value is -2.44. The van der Waals surface area contributed by atoms with E-state index in [1.165, 1.54) is 4.88 Å². The van der Waals surface area contributed by atoms with Crippen LogP contribution in [0, 0.1) is 0 Å². The van der Waals surface area contributed by atoms with Gasteiger partial charge in [-0.05, 0) is 41.1 Å². The number of rotatable bonds is 5. The van der Waals surface area contributed by atoms with Crippen molar-refractivity contribution in [2.45, 2.75) is 32.3 Å². The molecule has 0 unspecified atom stereocenters. The Morgan fingerprint density at radius 3 is 2.86 bits per heavy atom. The Morgan fingerprint density at radius 2 is 2.07 bits per heavy atom.